The summed E-state index contributed by atoms with van der Waals surface area (Å²) in [4.78, 5) is 0. The standard InChI is InChI=1S/C68H54/c1-43-37-45(3)63(46(4)38-43)53-33-35-59-61(41-53)67(65-55(49-21-11-7-12-22-49)29-19-30-56(65)50-23-13-8-14-24-50)60-36-34-54(64-47(5)39-44(2)40-48(64)6)42-62(60)68(59)66-57(51-25-15-9-16-26-51)31-20-32-58(66)52-27-17-10-18-28-52/h7-42H,1-6H3. The molecule has 0 N–H and O–H groups in total. The van der Waals surface area contributed by atoms with Crippen LogP contribution < -0.4 is 0 Å². The van der Waals surface area contributed by atoms with Crippen molar-refractivity contribution in [2.75, 3.05) is 0 Å². The van der Waals surface area contributed by atoms with Gasteiger partial charge in [-0.05, 0) is 186 Å². The number of hydrogen-bond acceptors (Lipinski definition) is 0. The Hall–Kier alpha value is -8.06. The summed E-state index contributed by atoms with van der Waals surface area (Å²) in [5, 5.41) is 4.88. The zero-order valence-corrected chi connectivity index (χ0v) is 39.8. The molecule has 326 valence electrons. The summed E-state index contributed by atoms with van der Waals surface area (Å²) in [6.45, 7) is 13.5. The molecule has 0 nitrogen and oxygen atoms in total. The highest BCUT2D eigenvalue weighted by Gasteiger charge is 2.26. The lowest BCUT2D eigenvalue weighted by molar-refractivity contribution is 1.32. The van der Waals surface area contributed by atoms with Crippen LogP contribution in [0.1, 0.15) is 33.4 Å². The molecule has 0 radical (unpaired) electrons. The lowest BCUT2D eigenvalue weighted by Gasteiger charge is -2.26. The van der Waals surface area contributed by atoms with E-state index in [0.717, 1.165) is 0 Å². The van der Waals surface area contributed by atoms with Gasteiger partial charge in [-0.3, -0.25) is 0 Å². The predicted octanol–water partition coefficient (Wildman–Crippen LogP) is 19.2. The summed E-state index contributed by atoms with van der Waals surface area (Å²) >= 11 is 0. The van der Waals surface area contributed by atoms with Crippen molar-refractivity contribution in [1.82, 2.24) is 0 Å². The second-order valence-electron chi connectivity index (χ2n) is 18.7. The third kappa shape index (κ3) is 7.53. The van der Waals surface area contributed by atoms with Crippen molar-refractivity contribution >= 4 is 21.5 Å². The van der Waals surface area contributed by atoms with Crippen molar-refractivity contribution in [1.29, 1.82) is 0 Å². The Morgan fingerprint density at radius 2 is 0.471 bits per heavy atom. The van der Waals surface area contributed by atoms with Gasteiger partial charge in [-0.15, -0.1) is 0 Å². The number of benzene rings is 11. The Labute approximate surface area is 401 Å². The van der Waals surface area contributed by atoms with Crippen molar-refractivity contribution in [2.45, 2.75) is 41.5 Å². The van der Waals surface area contributed by atoms with Crippen molar-refractivity contribution in [3.05, 3.63) is 252 Å². The molecule has 11 rings (SSSR count). The maximum Gasteiger partial charge on any atom is -0.00137 e. The van der Waals surface area contributed by atoms with Gasteiger partial charge in [0.15, 0.2) is 0 Å². The van der Waals surface area contributed by atoms with E-state index >= 15 is 0 Å². The van der Waals surface area contributed by atoms with Crippen LogP contribution >= 0.6 is 0 Å². The number of hydrogen-bond donors (Lipinski definition) is 0. The second kappa shape index (κ2) is 17.6. The fraction of sp³-hybridized carbons (Fsp3) is 0.0882. The third-order valence-electron chi connectivity index (χ3n) is 14.0. The first kappa shape index (κ1) is 42.6. The third-order valence-corrected chi connectivity index (χ3v) is 14.0. The molecule has 0 unspecified atom stereocenters. The number of rotatable bonds is 8. The van der Waals surface area contributed by atoms with Gasteiger partial charge < -0.3 is 0 Å². The molecule has 68 heavy (non-hydrogen) atoms. The number of aryl methyl sites for hydroxylation is 6. The highest BCUT2D eigenvalue weighted by Crippen LogP contribution is 2.53. The minimum Gasteiger partial charge on any atom is -0.0622 e. The molecular weight excluding hydrogens is 817 g/mol. The van der Waals surface area contributed by atoms with E-state index in [1.54, 1.807) is 0 Å². The molecule has 11 aromatic carbocycles. The molecule has 0 heterocycles. The zero-order chi connectivity index (χ0) is 46.5. The molecular formula is C68H54. The Balaban J connectivity index is 1.40. The van der Waals surface area contributed by atoms with Crippen molar-refractivity contribution in [3.63, 3.8) is 0 Å². The zero-order valence-electron chi connectivity index (χ0n) is 39.8. The fourth-order valence-electron chi connectivity index (χ4n) is 11.4. The summed E-state index contributed by atoms with van der Waals surface area (Å²) in [7, 11) is 0. The molecule has 0 aliphatic carbocycles. The second-order valence-corrected chi connectivity index (χ2v) is 18.7. The van der Waals surface area contributed by atoms with E-state index in [1.165, 1.54) is 144 Å². The van der Waals surface area contributed by atoms with E-state index in [9.17, 15) is 0 Å². The molecule has 0 aliphatic rings. The van der Waals surface area contributed by atoms with E-state index in [2.05, 4.69) is 260 Å². The van der Waals surface area contributed by atoms with Gasteiger partial charge in [0, 0.05) is 0 Å². The smallest absolute Gasteiger partial charge is 0.00137 e. The maximum atomic E-state index is 2.52. The summed E-state index contributed by atoms with van der Waals surface area (Å²) < 4.78 is 0. The van der Waals surface area contributed by atoms with Crippen molar-refractivity contribution < 1.29 is 0 Å². The summed E-state index contributed by atoms with van der Waals surface area (Å²) in [5.74, 6) is 0. The lowest BCUT2D eigenvalue weighted by Crippen LogP contribution is -1.99. The van der Waals surface area contributed by atoms with Crippen LogP contribution in [-0.2, 0) is 0 Å². The Kier molecular flexibility index (Phi) is 11.0. The van der Waals surface area contributed by atoms with Gasteiger partial charge in [0.25, 0.3) is 0 Å². The largest absolute Gasteiger partial charge is 0.0622 e. The Morgan fingerprint density at radius 1 is 0.191 bits per heavy atom. The van der Waals surface area contributed by atoms with Gasteiger partial charge in [0.05, 0.1) is 0 Å². The van der Waals surface area contributed by atoms with Crippen LogP contribution in [0, 0.1) is 41.5 Å². The monoisotopic (exact) mass is 870 g/mol. The predicted molar refractivity (Wildman–Crippen MR) is 293 cm³/mol. The van der Waals surface area contributed by atoms with Crippen molar-refractivity contribution in [3.8, 4) is 89.0 Å². The fourth-order valence-corrected chi connectivity index (χ4v) is 11.4. The molecule has 0 saturated carbocycles. The van der Waals surface area contributed by atoms with Crippen LogP contribution in [-0.4, -0.2) is 0 Å². The van der Waals surface area contributed by atoms with Gasteiger partial charge >= 0.3 is 0 Å². The van der Waals surface area contributed by atoms with Crippen molar-refractivity contribution in [2.24, 2.45) is 0 Å². The highest BCUT2D eigenvalue weighted by molar-refractivity contribution is 6.26. The maximum absolute atomic E-state index is 2.52. The van der Waals surface area contributed by atoms with Crippen LogP contribution in [0.3, 0.4) is 0 Å². The first-order chi connectivity index (χ1) is 33.2. The molecule has 0 amide bonds. The van der Waals surface area contributed by atoms with Crippen LogP contribution in [0.25, 0.3) is 111 Å². The van der Waals surface area contributed by atoms with E-state index in [1.807, 2.05) is 0 Å². The van der Waals surface area contributed by atoms with Crippen LogP contribution in [0.2, 0.25) is 0 Å². The van der Waals surface area contributed by atoms with Gasteiger partial charge in [0.1, 0.15) is 0 Å². The molecule has 0 spiro atoms. The molecule has 0 heteroatoms. The topological polar surface area (TPSA) is 0 Å². The molecule has 0 bridgehead atoms. The summed E-state index contributed by atoms with van der Waals surface area (Å²) in [6, 6.07) is 81.7. The molecule has 0 saturated heterocycles. The summed E-state index contributed by atoms with van der Waals surface area (Å²) in [5.41, 5.74) is 27.3. The van der Waals surface area contributed by atoms with Crippen LogP contribution in [0.5, 0.6) is 0 Å². The van der Waals surface area contributed by atoms with Crippen LogP contribution in [0.4, 0.5) is 0 Å². The van der Waals surface area contributed by atoms with Gasteiger partial charge in [-0.1, -0.05) is 217 Å². The van der Waals surface area contributed by atoms with Gasteiger partial charge in [-0.25, -0.2) is 0 Å². The lowest BCUT2D eigenvalue weighted by atomic mass is 9.77. The average Bonchev–Trinajstić information content (AvgIpc) is 3.36. The number of fused-ring (bicyclic) bond motifs is 2. The average molecular weight is 871 g/mol. The van der Waals surface area contributed by atoms with Gasteiger partial charge in [-0.2, -0.15) is 0 Å². The quantitative estimate of drug-likeness (QED) is 0.133. The Bertz CT molecular complexity index is 3280. The van der Waals surface area contributed by atoms with Crippen LogP contribution in [0.15, 0.2) is 218 Å². The molecule has 11 aromatic rings. The van der Waals surface area contributed by atoms with E-state index in [4.69, 9.17) is 0 Å². The SMILES string of the molecule is Cc1cc(C)c(-c2ccc3c(-c4c(-c5ccccc5)cccc4-c4ccccc4)c4cc(-c5c(C)cc(C)cc5C)ccc4c(-c4c(-c5ccccc5)cccc4-c4ccccc4)c3c2)c(C)c1. The highest BCUT2D eigenvalue weighted by atomic mass is 14.3. The molecule has 0 atom stereocenters. The first-order valence-electron chi connectivity index (χ1n) is 23.9. The minimum absolute atomic E-state index is 1.19. The molecule has 0 aliphatic heterocycles. The van der Waals surface area contributed by atoms with E-state index in [-0.39, 0.29) is 0 Å². The normalized spacial score (nSPS) is 11.4. The summed E-state index contributed by atoms with van der Waals surface area (Å²) in [6.07, 6.45) is 0. The Morgan fingerprint density at radius 3 is 0.750 bits per heavy atom. The van der Waals surface area contributed by atoms with Gasteiger partial charge in [0.2, 0.25) is 0 Å². The minimum atomic E-state index is 1.19. The molecule has 0 fully saturated rings. The molecule has 0 aromatic heterocycles. The van der Waals surface area contributed by atoms with E-state index < -0.39 is 0 Å². The van der Waals surface area contributed by atoms with E-state index in [0.29, 0.717) is 0 Å². The first-order valence-corrected chi connectivity index (χ1v) is 23.9.